The van der Waals surface area contributed by atoms with E-state index in [2.05, 4.69) is 0 Å². The van der Waals surface area contributed by atoms with E-state index in [1.807, 2.05) is 0 Å². The SMILES string of the molecule is COc1cccc2cc(C(=O)O[C@H](C)C(=O)c3ccc(Cl)cc3)c(=O)oc12. The van der Waals surface area contributed by atoms with Gasteiger partial charge in [-0.05, 0) is 43.3 Å². The van der Waals surface area contributed by atoms with Crippen molar-refractivity contribution in [1.82, 2.24) is 0 Å². The molecule has 0 unspecified atom stereocenters. The molecule has 138 valence electrons. The average molecular weight is 387 g/mol. The Hall–Kier alpha value is -3.12. The summed E-state index contributed by atoms with van der Waals surface area (Å²) in [6, 6.07) is 12.5. The Bertz CT molecular complexity index is 1070. The molecule has 0 aliphatic rings. The first kappa shape index (κ1) is 18.7. The quantitative estimate of drug-likeness (QED) is 0.376. The zero-order chi connectivity index (χ0) is 19.6. The molecule has 6 nitrogen and oxygen atoms in total. The Kier molecular flexibility index (Phi) is 5.28. The van der Waals surface area contributed by atoms with Crippen molar-refractivity contribution < 1.29 is 23.5 Å². The lowest BCUT2D eigenvalue weighted by atomic mass is 10.1. The first-order valence-electron chi connectivity index (χ1n) is 8.02. The maximum Gasteiger partial charge on any atom is 0.351 e. The maximum absolute atomic E-state index is 12.4. The fourth-order valence-corrected chi connectivity index (χ4v) is 2.67. The predicted molar refractivity (Wildman–Crippen MR) is 99.7 cm³/mol. The van der Waals surface area contributed by atoms with Gasteiger partial charge in [-0.25, -0.2) is 9.59 Å². The second kappa shape index (κ2) is 7.63. The molecule has 1 aromatic heterocycles. The van der Waals surface area contributed by atoms with Crippen LogP contribution in [-0.4, -0.2) is 25.0 Å². The third-order valence-corrected chi connectivity index (χ3v) is 4.20. The van der Waals surface area contributed by atoms with E-state index < -0.39 is 23.5 Å². The van der Waals surface area contributed by atoms with Crippen LogP contribution in [-0.2, 0) is 4.74 Å². The number of fused-ring (bicyclic) bond motifs is 1. The molecule has 3 aromatic rings. The Morgan fingerprint density at radius 2 is 1.81 bits per heavy atom. The molecule has 0 amide bonds. The minimum Gasteiger partial charge on any atom is -0.493 e. The first-order valence-corrected chi connectivity index (χ1v) is 8.40. The monoisotopic (exact) mass is 386 g/mol. The van der Waals surface area contributed by atoms with Crippen LogP contribution in [0.5, 0.6) is 5.75 Å². The highest BCUT2D eigenvalue weighted by Gasteiger charge is 2.23. The number of hydrogen-bond donors (Lipinski definition) is 0. The lowest BCUT2D eigenvalue weighted by molar-refractivity contribution is 0.0315. The summed E-state index contributed by atoms with van der Waals surface area (Å²) in [6.45, 7) is 1.43. The zero-order valence-electron chi connectivity index (χ0n) is 14.5. The number of esters is 1. The molecule has 3 rings (SSSR count). The lowest BCUT2D eigenvalue weighted by Crippen LogP contribution is -2.27. The molecule has 7 heteroatoms. The van der Waals surface area contributed by atoms with E-state index in [0.29, 0.717) is 21.7 Å². The van der Waals surface area contributed by atoms with Gasteiger partial charge in [0, 0.05) is 16.0 Å². The number of carbonyl (C=O) groups excluding carboxylic acids is 2. The van der Waals surface area contributed by atoms with Crippen molar-refractivity contribution >= 4 is 34.3 Å². The van der Waals surface area contributed by atoms with E-state index in [-0.39, 0.29) is 11.1 Å². The standard InChI is InChI=1S/C20H15ClO6/c1-11(17(22)12-6-8-14(21)9-7-12)26-19(23)15-10-13-4-3-5-16(25-2)18(13)27-20(15)24/h3-11H,1-2H3/t11-/m1/s1. The van der Waals surface area contributed by atoms with Crippen LogP contribution in [0.4, 0.5) is 0 Å². The molecule has 0 fully saturated rings. The minimum absolute atomic E-state index is 0.229. The summed E-state index contributed by atoms with van der Waals surface area (Å²) in [6.07, 6.45) is -1.08. The Labute approximate surface area is 159 Å². The third-order valence-electron chi connectivity index (χ3n) is 3.95. The van der Waals surface area contributed by atoms with Gasteiger partial charge < -0.3 is 13.9 Å². The van der Waals surface area contributed by atoms with E-state index in [1.165, 1.54) is 32.2 Å². The van der Waals surface area contributed by atoms with Gasteiger partial charge in [0.05, 0.1) is 7.11 Å². The summed E-state index contributed by atoms with van der Waals surface area (Å²) in [4.78, 5) is 36.9. The molecular formula is C20H15ClO6. The summed E-state index contributed by atoms with van der Waals surface area (Å²) >= 11 is 5.80. The number of ether oxygens (including phenoxy) is 2. The van der Waals surface area contributed by atoms with Gasteiger partial charge in [0.1, 0.15) is 5.56 Å². The summed E-state index contributed by atoms with van der Waals surface area (Å²) in [5.74, 6) is -0.981. The van der Waals surface area contributed by atoms with Crippen LogP contribution in [0.15, 0.2) is 57.7 Å². The summed E-state index contributed by atoms with van der Waals surface area (Å²) in [7, 11) is 1.45. The predicted octanol–water partition coefficient (Wildman–Crippen LogP) is 3.88. The van der Waals surface area contributed by atoms with E-state index >= 15 is 0 Å². The lowest BCUT2D eigenvalue weighted by Gasteiger charge is -2.12. The summed E-state index contributed by atoms with van der Waals surface area (Å²) in [5.41, 5.74) is -0.600. The van der Waals surface area contributed by atoms with Gasteiger partial charge in [-0.2, -0.15) is 0 Å². The number of methoxy groups -OCH3 is 1. The number of Topliss-reactive ketones (excluding diaryl/α,β-unsaturated/α-hetero) is 1. The fourth-order valence-electron chi connectivity index (χ4n) is 2.55. The van der Waals surface area contributed by atoms with E-state index in [4.69, 9.17) is 25.5 Å². The normalized spacial score (nSPS) is 11.8. The van der Waals surface area contributed by atoms with Crippen LogP contribution in [0.3, 0.4) is 0 Å². The van der Waals surface area contributed by atoms with E-state index in [1.54, 1.807) is 30.3 Å². The highest BCUT2D eigenvalue weighted by Crippen LogP contribution is 2.24. The molecule has 0 spiro atoms. The van der Waals surface area contributed by atoms with Crippen molar-refractivity contribution in [2.24, 2.45) is 0 Å². The van der Waals surface area contributed by atoms with Crippen molar-refractivity contribution in [2.45, 2.75) is 13.0 Å². The summed E-state index contributed by atoms with van der Waals surface area (Å²) in [5, 5.41) is 0.984. The molecule has 0 radical (unpaired) electrons. The van der Waals surface area contributed by atoms with Gasteiger partial charge >= 0.3 is 11.6 Å². The smallest absolute Gasteiger partial charge is 0.351 e. The number of hydrogen-bond acceptors (Lipinski definition) is 6. The van der Waals surface area contributed by atoms with Gasteiger partial charge in [0.15, 0.2) is 17.4 Å². The van der Waals surface area contributed by atoms with E-state index in [0.717, 1.165) is 0 Å². The van der Waals surface area contributed by atoms with Crippen LogP contribution in [0, 0.1) is 0 Å². The second-order valence-electron chi connectivity index (χ2n) is 5.74. The van der Waals surface area contributed by atoms with Crippen LogP contribution in [0.25, 0.3) is 11.0 Å². The van der Waals surface area contributed by atoms with Crippen LogP contribution < -0.4 is 10.4 Å². The van der Waals surface area contributed by atoms with Crippen LogP contribution >= 0.6 is 11.6 Å². The molecule has 27 heavy (non-hydrogen) atoms. The zero-order valence-corrected chi connectivity index (χ0v) is 15.3. The van der Waals surface area contributed by atoms with Crippen molar-refractivity contribution in [3.63, 3.8) is 0 Å². The fraction of sp³-hybridized carbons (Fsp3) is 0.150. The Balaban J connectivity index is 1.85. The maximum atomic E-state index is 12.4. The highest BCUT2D eigenvalue weighted by molar-refractivity contribution is 6.30. The third kappa shape index (κ3) is 3.85. The molecule has 0 saturated carbocycles. The Morgan fingerprint density at radius 3 is 2.48 bits per heavy atom. The van der Waals surface area contributed by atoms with Crippen molar-refractivity contribution in [3.05, 3.63) is 75.1 Å². The molecule has 2 aromatic carbocycles. The van der Waals surface area contributed by atoms with Crippen molar-refractivity contribution in [1.29, 1.82) is 0 Å². The molecular weight excluding hydrogens is 372 g/mol. The summed E-state index contributed by atoms with van der Waals surface area (Å²) < 4.78 is 15.5. The number of halogens is 1. The van der Waals surface area contributed by atoms with Crippen LogP contribution in [0.2, 0.25) is 5.02 Å². The molecule has 0 bridgehead atoms. The number of ketones is 1. The largest absolute Gasteiger partial charge is 0.493 e. The van der Waals surface area contributed by atoms with Gasteiger partial charge in [-0.1, -0.05) is 23.7 Å². The molecule has 1 heterocycles. The molecule has 1 atom stereocenters. The molecule has 0 aliphatic heterocycles. The number of rotatable bonds is 5. The molecule has 0 N–H and O–H groups in total. The molecule has 0 aliphatic carbocycles. The molecule has 0 saturated heterocycles. The van der Waals surface area contributed by atoms with Crippen molar-refractivity contribution in [2.75, 3.05) is 7.11 Å². The Morgan fingerprint density at radius 1 is 1.11 bits per heavy atom. The highest BCUT2D eigenvalue weighted by atomic mass is 35.5. The number of para-hydroxylation sites is 1. The van der Waals surface area contributed by atoms with Crippen molar-refractivity contribution in [3.8, 4) is 5.75 Å². The number of carbonyl (C=O) groups is 2. The van der Waals surface area contributed by atoms with Gasteiger partial charge in [0.2, 0.25) is 5.78 Å². The van der Waals surface area contributed by atoms with Gasteiger partial charge in [0.25, 0.3) is 0 Å². The number of benzene rings is 2. The average Bonchev–Trinajstić information content (AvgIpc) is 2.66. The topological polar surface area (TPSA) is 82.8 Å². The van der Waals surface area contributed by atoms with Gasteiger partial charge in [-0.3, -0.25) is 4.79 Å². The van der Waals surface area contributed by atoms with Crippen LogP contribution in [0.1, 0.15) is 27.6 Å². The second-order valence-corrected chi connectivity index (χ2v) is 6.18. The minimum atomic E-state index is -1.08. The van der Waals surface area contributed by atoms with E-state index in [9.17, 15) is 14.4 Å². The van der Waals surface area contributed by atoms with Gasteiger partial charge in [-0.15, -0.1) is 0 Å². The first-order chi connectivity index (χ1) is 12.9.